The van der Waals surface area contributed by atoms with E-state index in [1.54, 1.807) is 24.5 Å². The molecule has 1 saturated heterocycles. The predicted octanol–water partition coefficient (Wildman–Crippen LogP) is 4.01. The van der Waals surface area contributed by atoms with Crippen molar-refractivity contribution < 1.29 is 4.79 Å². The van der Waals surface area contributed by atoms with Gasteiger partial charge in [0.15, 0.2) is 0 Å². The first kappa shape index (κ1) is 19.7. The maximum Gasteiger partial charge on any atom is 0.254 e. The number of amides is 1. The normalized spacial score (nSPS) is 14.8. The van der Waals surface area contributed by atoms with Crippen molar-refractivity contribution >= 4 is 23.2 Å². The second-order valence-corrected chi connectivity index (χ2v) is 8.08. The van der Waals surface area contributed by atoms with Crippen LogP contribution in [-0.2, 0) is 6.54 Å². The zero-order valence-electron chi connectivity index (χ0n) is 17.0. The molecule has 1 fully saturated rings. The summed E-state index contributed by atoms with van der Waals surface area (Å²) in [5.41, 5.74) is 4.78. The molecule has 1 amide bonds. The Morgan fingerprint density at radius 1 is 0.935 bits per heavy atom. The summed E-state index contributed by atoms with van der Waals surface area (Å²) in [6.07, 6.45) is 5.37. The van der Waals surface area contributed by atoms with E-state index in [2.05, 4.69) is 20.5 Å². The fraction of sp³-hybridized carbons (Fsp3) is 0.208. The molecule has 5 rings (SSSR count). The van der Waals surface area contributed by atoms with Crippen LogP contribution in [0.1, 0.15) is 16.1 Å². The fourth-order valence-corrected chi connectivity index (χ4v) is 4.16. The summed E-state index contributed by atoms with van der Waals surface area (Å²) in [6.45, 7) is 3.80. The van der Waals surface area contributed by atoms with Crippen LogP contribution in [0.25, 0.3) is 16.9 Å². The zero-order chi connectivity index (χ0) is 21.2. The molecule has 3 aromatic heterocycles. The van der Waals surface area contributed by atoms with Gasteiger partial charge in [-0.15, -0.1) is 0 Å². The molecule has 1 aromatic carbocycles. The molecule has 0 atom stereocenters. The van der Waals surface area contributed by atoms with Gasteiger partial charge in [-0.1, -0.05) is 29.8 Å². The third kappa shape index (κ3) is 4.04. The number of benzene rings is 1. The monoisotopic (exact) mass is 431 g/mol. The van der Waals surface area contributed by atoms with Crippen molar-refractivity contribution in [1.29, 1.82) is 0 Å². The summed E-state index contributed by atoms with van der Waals surface area (Å²) in [5.74, 6) is 0.0682. The molecular weight excluding hydrogens is 410 g/mol. The van der Waals surface area contributed by atoms with Crippen molar-refractivity contribution in [3.8, 4) is 11.3 Å². The van der Waals surface area contributed by atoms with E-state index in [9.17, 15) is 4.79 Å². The van der Waals surface area contributed by atoms with Gasteiger partial charge in [0.1, 0.15) is 5.65 Å². The van der Waals surface area contributed by atoms with Crippen LogP contribution >= 0.6 is 11.6 Å². The van der Waals surface area contributed by atoms with Crippen LogP contribution in [-0.4, -0.2) is 56.3 Å². The second kappa shape index (κ2) is 8.49. The highest BCUT2D eigenvalue weighted by Gasteiger charge is 2.24. The van der Waals surface area contributed by atoms with Gasteiger partial charge in [-0.25, -0.2) is 4.98 Å². The van der Waals surface area contributed by atoms with Crippen LogP contribution in [0, 0.1) is 0 Å². The number of carbonyl (C=O) groups is 1. The van der Waals surface area contributed by atoms with Gasteiger partial charge < -0.3 is 9.30 Å². The van der Waals surface area contributed by atoms with Gasteiger partial charge in [-0.2, -0.15) is 0 Å². The number of hydrogen-bond acceptors (Lipinski definition) is 4. The fourth-order valence-electron chi connectivity index (χ4n) is 4.03. The van der Waals surface area contributed by atoms with E-state index in [1.807, 2.05) is 47.4 Å². The molecule has 7 heteroatoms. The van der Waals surface area contributed by atoms with Crippen LogP contribution in [0.3, 0.4) is 0 Å². The molecule has 0 spiro atoms. The molecule has 1 aliphatic rings. The molecule has 0 unspecified atom stereocenters. The van der Waals surface area contributed by atoms with Crippen molar-refractivity contribution in [2.75, 3.05) is 26.2 Å². The quantitative estimate of drug-likeness (QED) is 0.490. The van der Waals surface area contributed by atoms with Gasteiger partial charge in [0.2, 0.25) is 0 Å². The Bertz CT molecular complexity index is 1200. The average molecular weight is 432 g/mol. The lowest BCUT2D eigenvalue weighted by atomic mass is 10.1. The van der Waals surface area contributed by atoms with Gasteiger partial charge in [0.05, 0.1) is 11.4 Å². The molecule has 4 aromatic rings. The Morgan fingerprint density at radius 2 is 1.68 bits per heavy atom. The zero-order valence-corrected chi connectivity index (χ0v) is 17.7. The lowest BCUT2D eigenvalue weighted by Crippen LogP contribution is -2.48. The first-order valence-corrected chi connectivity index (χ1v) is 10.7. The molecule has 0 saturated carbocycles. The Labute approximate surface area is 185 Å². The van der Waals surface area contributed by atoms with Crippen LogP contribution < -0.4 is 0 Å². The molecule has 0 bridgehead atoms. The van der Waals surface area contributed by atoms with Crippen LogP contribution in [0.4, 0.5) is 0 Å². The van der Waals surface area contributed by atoms with Crippen molar-refractivity contribution in [2.45, 2.75) is 6.54 Å². The number of imidazole rings is 1. The third-order valence-electron chi connectivity index (χ3n) is 5.71. The lowest BCUT2D eigenvalue weighted by molar-refractivity contribution is 0.0627. The number of aromatic nitrogens is 3. The number of pyridine rings is 2. The number of piperazine rings is 1. The average Bonchev–Trinajstić information content (AvgIpc) is 3.18. The van der Waals surface area contributed by atoms with E-state index in [-0.39, 0.29) is 5.91 Å². The summed E-state index contributed by atoms with van der Waals surface area (Å²) in [4.78, 5) is 25.9. The van der Waals surface area contributed by atoms with Crippen LogP contribution in [0.5, 0.6) is 0 Å². The Kier molecular flexibility index (Phi) is 5.40. The molecule has 0 aliphatic carbocycles. The highest BCUT2D eigenvalue weighted by molar-refractivity contribution is 6.30. The van der Waals surface area contributed by atoms with E-state index >= 15 is 0 Å². The number of carbonyl (C=O) groups excluding carboxylic acids is 1. The Balaban J connectivity index is 1.36. The van der Waals surface area contributed by atoms with Gasteiger partial charge in [0, 0.05) is 67.5 Å². The Hall–Kier alpha value is -3.22. The van der Waals surface area contributed by atoms with E-state index in [0.717, 1.165) is 42.2 Å². The minimum Gasteiger partial charge on any atom is -0.336 e. The molecule has 0 radical (unpaired) electrons. The van der Waals surface area contributed by atoms with E-state index in [0.29, 0.717) is 23.7 Å². The first-order valence-electron chi connectivity index (χ1n) is 10.3. The maximum absolute atomic E-state index is 12.7. The molecular formula is C24H22ClN5O. The molecule has 6 nitrogen and oxygen atoms in total. The van der Waals surface area contributed by atoms with Gasteiger partial charge in [-0.05, 0) is 36.4 Å². The molecule has 156 valence electrons. The van der Waals surface area contributed by atoms with Crippen molar-refractivity contribution in [3.63, 3.8) is 0 Å². The van der Waals surface area contributed by atoms with Crippen LogP contribution in [0.15, 0.2) is 73.2 Å². The topological polar surface area (TPSA) is 53.7 Å². The highest BCUT2D eigenvalue weighted by atomic mass is 35.5. The van der Waals surface area contributed by atoms with Crippen molar-refractivity contribution in [3.05, 3.63) is 89.5 Å². The van der Waals surface area contributed by atoms with E-state index in [4.69, 9.17) is 16.6 Å². The summed E-state index contributed by atoms with van der Waals surface area (Å²) in [5, 5.41) is 0.712. The van der Waals surface area contributed by atoms with Gasteiger partial charge >= 0.3 is 0 Å². The molecule has 0 N–H and O–H groups in total. The minimum absolute atomic E-state index is 0.0682. The van der Waals surface area contributed by atoms with Crippen molar-refractivity contribution in [1.82, 2.24) is 24.2 Å². The lowest BCUT2D eigenvalue weighted by Gasteiger charge is -2.34. The minimum atomic E-state index is 0.0682. The van der Waals surface area contributed by atoms with Crippen LogP contribution in [0.2, 0.25) is 5.02 Å². The summed E-state index contributed by atoms with van der Waals surface area (Å²) in [6, 6.07) is 17.4. The standard InChI is InChI=1S/C24H22ClN5O/c25-20-6-4-18(5-7-20)23-21(30-12-2-1-3-22(30)27-23)17-28-13-15-29(16-14-28)24(31)19-8-10-26-11-9-19/h1-12H,13-17H2. The largest absolute Gasteiger partial charge is 0.336 e. The summed E-state index contributed by atoms with van der Waals surface area (Å²) >= 11 is 6.09. The molecule has 1 aliphatic heterocycles. The van der Waals surface area contributed by atoms with E-state index < -0.39 is 0 Å². The van der Waals surface area contributed by atoms with Crippen molar-refractivity contribution in [2.24, 2.45) is 0 Å². The molecule has 4 heterocycles. The Morgan fingerprint density at radius 3 is 2.42 bits per heavy atom. The number of rotatable bonds is 4. The predicted molar refractivity (Wildman–Crippen MR) is 121 cm³/mol. The highest BCUT2D eigenvalue weighted by Crippen LogP contribution is 2.27. The third-order valence-corrected chi connectivity index (χ3v) is 5.96. The number of nitrogens with zero attached hydrogens (tertiary/aromatic N) is 5. The number of halogens is 1. The number of fused-ring (bicyclic) bond motifs is 1. The first-order chi connectivity index (χ1) is 15.2. The summed E-state index contributed by atoms with van der Waals surface area (Å²) < 4.78 is 2.15. The number of hydrogen-bond donors (Lipinski definition) is 0. The SMILES string of the molecule is O=C(c1ccncc1)N1CCN(Cc2c(-c3ccc(Cl)cc3)nc3ccccn23)CC1. The summed E-state index contributed by atoms with van der Waals surface area (Å²) in [7, 11) is 0. The smallest absolute Gasteiger partial charge is 0.254 e. The molecule has 31 heavy (non-hydrogen) atoms. The maximum atomic E-state index is 12.7. The van der Waals surface area contributed by atoms with Gasteiger partial charge in [-0.3, -0.25) is 14.7 Å². The van der Waals surface area contributed by atoms with E-state index in [1.165, 1.54) is 0 Å². The second-order valence-electron chi connectivity index (χ2n) is 7.65. The van der Waals surface area contributed by atoms with Gasteiger partial charge in [0.25, 0.3) is 5.91 Å².